The number of nitrogens with zero attached hydrogens (tertiary/aromatic N) is 3. The highest BCUT2D eigenvalue weighted by Crippen LogP contribution is 2.26. The molecule has 0 radical (unpaired) electrons. The molecule has 0 aliphatic heterocycles. The fourth-order valence-corrected chi connectivity index (χ4v) is 2.17. The Morgan fingerprint density at radius 2 is 2.31 bits per heavy atom. The van der Waals surface area contributed by atoms with Gasteiger partial charge in [0, 0.05) is 19.4 Å². The van der Waals surface area contributed by atoms with Crippen molar-refractivity contribution < 1.29 is 5.11 Å². The molecule has 0 aromatic carbocycles. The van der Waals surface area contributed by atoms with Gasteiger partial charge in [0.25, 0.3) is 0 Å². The van der Waals surface area contributed by atoms with Gasteiger partial charge in [-0.25, -0.2) is 4.98 Å². The molecule has 1 atom stereocenters. The number of hydrogen-bond donors (Lipinski definition) is 1. The number of aryl methyl sites for hydroxylation is 1. The van der Waals surface area contributed by atoms with Gasteiger partial charge in [0.1, 0.15) is 5.03 Å². The minimum Gasteiger partial charge on any atom is -0.389 e. The molecule has 2 heterocycles. The van der Waals surface area contributed by atoms with E-state index in [9.17, 15) is 5.11 Å². The molecule has 0 aliphatic carbocycles. The Morgan fingerprint density at radius 1 is 1.50 bits per heavy atom. The number of aliphatic hydroxyl groups is 1. The number of aromatic nitrogens is 3. The molecule has 0 fully saturated rings. The van der Waals surface area contributed by atoms with Crippen molar-refractivity contribution in [2.45, 2.75) is 22.9 Å². The van der Waals surface area contributed by atoms with Crippen LogP contribution in [-0.4, -0.2) is 19.9 Å². The lowest BCUT2D eigenvalue weighted by molar-refractivity contribution is 0.199. The average Bonchev–Trinajstić information content (AvgIpc) is 2.64. The van der Waals surface area contributed by atoms with Gasteiger partial charge in [-0.2, -0.15) is 5.10 Å². The maximum atomic E-state index is 9.46. The standard InChI is InChI=1S/C11H13N3OS/c1-8(15)9-3-4-12-11(5-9)16-10-6-13-14(2)7-10/h3-8,15H,1-2H3/t8-/m0/s1. The van der Waals surface area contributed by atoms with Gasteiger partial charge < -0.3 is 5.11 Å². The van der Waals surface area contributed by atoms with E-state index in [1.165, 1.54) is 11.8 Å². The van der Waals surface area contributed by atoms with Crippen molar-refractivity contribution in [2.75, 3.05) is 0 Å². The summed E-state index contributed by atoms with van der Waals surface area (Å²) in [6.45, 7) is 1.74. The predicted molar refractivity (Wildman–Crippen MR) is 62.2 cm³/mol. The highest BCUT2D eigenvalue weighted by molar-refractivity contribution is 7.99. The Kier molecular flexibility index (Phi) is 3.26. The number of pyridine rings is 1. The summed E-state index contributed by atoms with van der Waals surface area (Å²) >= 11 is 1.53. The maximum absolute atomic E-state index is 9.46. The van der Waals surface area contributed by atoms with Crippen LogP contribution in [0, 0.1) is 0 Å². The van der Waals surface area contributed by atoms with Crippen LogP contribution in [0.5, 0.6) is 0 Å². The van der Waals surface area contributed by atoms with Crippen LogP contribution in [0.2, 0.25) is 0 Å². The minimum absolute atomic E-state index is 0.462. The summed E-state index contributed by atoms with van der Waals surface area (Å²) in [5, 5.41) is 14.4. The lowest BCUT2D eigenvalue weighted by Gasteiger charge is -2.05. The summed E-state index contributed by atoms with van der Waals surface area (Å²) < 4.78 is 1.75. The van der Waals surface area contributed by atoms with Crippen LogP contribution in [0.15, 0.2) is 40.6 Å². The SMILES string of the molecule is C[C@H](O)c1ccnc(Sc2cnn(C)c2)c1. The zero-order valence-corrected chi connectivity index (χ0v) is 9.98. The van der Waals surface area contributed by atoms with Gasteiger partial charge in [0.15, 0.2) is 0 Å². The maximum Gasteiger partial charge on any atom is 0.101 e. The summed E-state index contributed by atoms with van der Waals surface area (Å²) in [4.78, 5) is 5.28. The molecule has 0 amide bonds. The third kappa shape index (κ3) is 2.62. The highest BCUT2D eigenvalue weighted by atomic mass is 32.2. The van der Waals surface area contributed by atoms with Gasteiger partial charge in [-0.1, -0.05) is 11.8 Å². The first kappa shape index (κ1) is 11.2. The number of rotatable bonds is 3. The molecular formula is C11H13N3OS. The molecule has 0 saturated carbocycles. The minimum atomic E-state index is -0.462. The summed E-state index contributed by atoms with van der Waals surface area (Å²) in [6.07, 6.45) is 4.97. The fourth-order valence-electron chi connectivity index (χ4n) is 1.31. The largest absolute Gasteiger partial charge is 0.389 e. The zero-order chi connectivity index (χ0) is 11.5. The smallest absolute Gasteiger partial charge is 0.101 e. The first-order valence-corrected chi connectivity index (χ1v) is 5.77. The Balaban J connectivity index is 2.18. The number of hydrogen-bond acceptors (Lipinski definition) is 4. The predicted octanol–water partition coefficient (Wildman–Crippen LogP) is 2.02. The third-order valence-electron chi connectivity index (χ3n) is 2.14. The van der Waals surface area contributed by atoms with Gasteiger partial charge in [0.2, 0.25) is 0 Å². The lowest BCUT2D eigenvalue weighted by atomic mass is 10.2. The average molecular weight is 235 g/mol. The molecule has 5 heteroatoms. The second-order valence-electron chi connectivity index (χ2n) is 3.56. The molecule has 0 aliphatic rings. The molecule has 2 rings (SSSR count). The molecule has 0 saturated heterocycles. The second-order valence-corrected chi connectivity index (χ2v) is 4.65. The molecule has 1 N–H and O–H groups in total. The molecule has 0 spiro atoms. The van der Waals surface area contributed by atoms with Crippen LogP contribution >= 0.6 is 11.8 Å². The molecule has 2 aromatic heterocycles. The molecule has 2 aromatic rings. The van der Waals surface area contributed by atoms with Crippen molar-refractivity contribution in [1.82, 2.24) is 14.8 Å². The van der Waals surface area contributed by atoms with E-state index < -0.39 is 6.10 Å². The first-order chi connectivity index (χ1) is 7.65. The molecule has 84 valence electrons. The highest BCUT2D eigenvalue weighted by Gasteiger charge is 2.05. The van der Waals surface area contributed by atoms with E-state index in [-0.39, 0.29) is 0 Å². The monoisotopic (exact) mass is 235 g/mol. The Bertz CT molecular complexity index is 482. The van der Waals surface area contributed by atoms with E-state index in [0.717, 1.165) is 15.5 Å². The van der Waals surface area contributed by atoms with Crippen molar-refractivity contribution in [3.8, 4) is 0 Å². The first-order valence-electron chi connectivity index (χ1n) is 4.95. The number of aliphatic hydroxyl groups excluding tert-OH is 1. The molecule has 0 bridgehead atoms. The topological polar surface area (TPSA) is 50.9 Å². The van der Waals surface area contributed by atoms with Crippen molar-refractivity contribution in [2.24, 2.45) is 7.05 Å². The summed E-state index contributed by atoms with van der Waals surface area (Å²) in [5.74, 6) is 0. The second kappa shape index (κ2) is 4.67. The quantitative estimate of drug-likeness (QED) is 0.884. The molecule has 0 unspecified atom stereocenters. The van der Waals surface area contributed by atoms with Crippen molar-refractivity contribution in [1.29, 1.82) is 0 Å². The van der Waals surface area contributed by atoms with Gasteiger partial charge in [0.05, 0.1) is 17.2 Å². The Morgan fingerprint density at radius 3 is 2.94 bits per heavy atom. The van der Waals surface area contributed by atoms with Crippen LogP contribution in [0.1, 0.15) is 18.6 Å². The van der Waals surface area contributed by atoms with Crippen molar-refractivity contribution >= 4 is 11.8 Å². The Labute approximate surface area is 98.3 Å². The van der Waals surface area contributed by atoms with Gasteiger partial charge in [-0.3, -0.25) is 4.68 Å². The van der Waals surface area contributed by atoms with Crippen molar-refractivity contribution in [3.05, 3.63) is 36.3 Å². The van der Waals surface area contributed by atoms with Crippen LogP contribution in [-0.2, 0) is 7.05 Å². The van der Waals surface area contributed by atoms with Crippen LogP contribution in [0.25, 0.3) is 0 Å². The van der Waals surface area contributed by atoms with Gasteiger partial charge in [-0.05, 0) is 24.6 Å². The van der Waals surface area contributed by atoms with Crippen LogP contribution < -0.4 is 0 Å². The summed E-state index contributed by atoms with van der Waals surface area (Å²) in [7, 11) is 1.88. The van der Waals surface area contributed by atoms with E-state index in [2.05, 4.69) is 10.1 Å². The van der Waals surface area contributed by atoms with Crippen LogP contribution in [0.3, 0.4) is 0 Å². The summed E-state index contributed by atoms with van der Waals surface area (Å²) in [6, 6.07) is 3.71. The normalized spacial score (nSPS) is 12.7. The van der Waals surface area contributed by atoms with E-state index in [0.29, 0.717) is 0 Å². The van der Waals surface area contributed by atoms with E-state index in [1.54, 1.807) is 24.0 Å². The molecular weight excluding hydrogens is 222 g/mol. The summed E-state index contributed by atoms with van der Waals surface area (Å²) in [5.41, 5.74) is 0.876. The van der Waals surface area contributed by atoms with Crippen LogP contribution in [0.4, 0.5) is 0 Å². The lowest BCUT2D eigenvalue weighted by Crippen LogP contribution is -1.91. The van der Waals surface area contributed by atoms with Gasteiger partial charge >= 0.3 is 0 Å². The van der Waals surface area contributed by atoms with Crippen molar-refractivity contribution in [3.63, 3.8) is 0 Å². The molecule has 16 heavy (non-hydrogen) atoms. The van der Waals surface area contributed by atoms with Gasteiger partial charge in [-0.15, -0.1) is 0 Å². The van der Waals surface area contributed by atoms with E-state index >= 15 is 0 Å². The fraction of sp³-hybridized carbons (Fsp3) is 0.273. The third-order valence-corrected chi connectivity index (χ3v) is 3.02. The van der Waals surface area contributed by atoms with E-state index in [1.807, 2.05) is 25.4 Å². The van der Waals surface area contributed by atoms with E-state index in [4.69, 9.17) is 0 Å². The Hall–Kier alpha value is -1.33. The zero-order valence-electron chi connectivity index (χ0n) is 9.16. The molecule has 4 nitrogen and oxygen atoms in total.